The van der Waals surface area contributed by atoms with Gasteiger partial charge in [-0.2, -0.15) is 0 Å². The van der Waals surface area contributed by atoms with Crippen molar-refractivity contribution in [1.29, 1.82) is 0 Å². The van der Waals surface area contributed by atoms with Crippen LogP contribution in [0.3, 0.4) is 0 Å². The second-order valence-electron chi connectivity index (χ2n) is 3.83. The van der Waals surface area contributed by atoms with E-state index in [4.69, 9.17) is 27.9 Å². The SMILES string of the molecule is CCOC(=O)CCNC(=O)Cc1ccc(Cl)c(Cl)c1. The molecular weight excluding hydrogens is 289 g/mol. The third-order valence-electron chi connectivity index (χ3n) is 2.31. The van der Waals surface area contributed by atoms with Gasteiger partial charge in [0.2, 0.25) is 5.91 Å². The van der Waals surface area contributed by atoms with E-state index < -0.39 is 0 Å². The Hall–Kier alpha value is -1.26. The first-order chi connectivity index (χ1) is 9.02. The number of esters is 1. The Morgan fingerprint density at radius 3 is 2.63 bits per heavy atom. The predicted molar refractivity (Wildman–Crippen MR) is 74.4 cm³/mol. The zero-order valence-electron chi connectivity index (χ0n) is 10.5. The third-order valence-corrected chi connectivity index (χ3v) is 3.04. The summed E-state index contributed by atoms with van der Waals surface area (Å²) in [7, 11) is 0. The minimum Gasteiger partial charge on any atom is -0.466 e. The van der Waals surface area contributed by atoms with Crippen molar-refractivity contribution < 1.29 is 14.3 Å². The van der Waals surface area contributed by atoms with Gasteiger partial charge in [0, 0.05) is 6.54 Å². The van der Waals surface area contributed by atoms with E-state index >= 15 is 0 Å². The van der Waals surface area contributed by atoms with Crippen molar-refractivity contribution >= 4 is 35.1 Å². The molecule has 104 valence electrons. The standard InChI is InChI=1S/C13H15Cl2NO3/c1-2-19-13(18)5-6-16-12(17)8-9-3-4-10(14)11(15)7-9/h3-4,7H,2,5-6,8H2,1H3,(H,16,17). The molecule has 0 saturated heterocycles. The molecule has 0 bridgehead atoms. The van der Waals surface area contributed by atoms with Gasteiger partial charge in [-0.3, -0.25) is 9.59 Å². The lowest BCUT2D eigenvalue weighted by molar-refractivity contribution is -0.143. The summed E-state index contributed by atoms with van der Waals surface area (Å²) < 4.78 is 4.75. The van der Waals surface area contributed by atoms with Gasteiger partial charge in [0.1, 0.15) is 0 Å². The summed E-state index contributed by atoms with van der Waals surface area (Å²) >= 11 is 11.6. The van der Waals surface area contributed by atoms with Crippen LogP contribution in [0.25, 0.3) is 0 Å². The molecule has 1 aromatic carbocycles. The summed E-state index contributed by atoms with van der Waals surface area (Å²) in [6.07, 6.45) is 0.362. The number of carbonyl (C=O) groups excluding carboxylic acids is 2. The van der Waals surface area contributed by atoms with E-state index in [1.807, 2.05) is 0 Å². The smallest absolute Gasteiger partial charge is 0.307 e. The Morgan fingerprint density at radius 1 is 1.26 bits per heavy atom. The van der Waals surface area contributed by atoms with Gasteiger partial charge >= 0.3 is 5.97 Å². The van der Waals surface area contributed by atoms with E-state index in [0.29, 0.717) is 16.7 Å². The first kappa shape index (κ1) is 15.8. The maximum atomic E-state index is 11.6. The molecular formula is C13H15Cl2NO3. The average Bonchev–Trinajstić information content (AvgIpc) is 2.34. The van der Waals surface area contributed by atoms with Gasteiger partial charge in [0.25, 0.3) is 0 Å². The molecule has 0 aromatic heterocycles. The molecule has 0 aliphatic rings. The molecule has 1 amide bonds. The predicted octanol–water partition coefficient (Wildman–Crippen LogP) is 2.61. The van der Waals surface area contributed by atoms with E-state index in [1.165, 1.54) is 0 Å². The topological polar surface area (TPSA) is 55.4 Å². The monoisotopic (exact) mass is 303 g/mol. The summed E-state index contributed by atoms with van der Waals surface area (Å²) in [5, 5.41) is 3.51. The molecule has 6 heteroatoms. The second kappa shape index (κ2) is 8.02. The highest BCUT2D eigenvalue weighted by Gasteiger charge is 2.07. The Labute approximate surface area is 122 Å². The van der Waals surface area contributed by atoms with Gasteiger partial charge in [-0.1, -0.05) is 29.3 Å². The largest absolute Gasteiger partial charge is 0.466 e. The summed E-state index contributed by atoms with van der Waals surface area (Å²) in [4.78, 5) is 22.7. The lowest BCUT2D eigenvalue weighted by Gasteiger charge is -2.06. The van der Waals surface area contributed by atoms with Crippen molar-refractivity contribution in [3.05, 3.63) is 33.8 Å². The fraction of sp³-hybridized carbons (Fsp3) is 0.385. The van der Waals surface area contributed by atoms with Crippen molar-refractivity contribution in [2.24, 2.45) is 0 Å². The highest BCUT2D eigenvalue weighted by atomic mass is 35.5. The van der Waals surface area contributed by atoms with E-state index in [-0.39, 0.29) is 31.3 Å². The van der Waals surface area contributed by atoms with Crippen molar-refractivity contribution in [2.45, 2.75) is 19.8 Å². The molecule has 0 radical (unpaired) electrons. The van der Waals surface area contributed by atoms with E-state index in [1.54, 1.807) is 25.1 Å². The van der Waals surface area contributed by atoms with Crippen LogP contribution in [0, 0.1) is 0 Å². The first-order valence-corrected chi connectivity index (χ1v) is 6.64. The van der Waals surface area contributed by atoms with Crippen LogP contribution in [0.15, 0.2) is 18.2 Å². The molecule has 0 aliphatic heterocycles. The zero-order chi connectivity index (χ0) is 14.3. The number of ether oxygens (including phenoxy) is 1. The van der Waals surface area contributed by atoms with Crippen LogP contribution in [-0.2, 0) is 20.7 Å². The second-order valence-corrected chi connectivity index (χ2v) is 4.64. The van der Waals surface area contributed by atoms with Crippen LogP contribution in [0.2, 0.25) is 10.0 Å². The number of benzene rings is 1. The summed E-state index contributed by atoms with van der Waals surface area (Å²) in [5.41, 5.74) is 0.767. The summed E-state index contributed by atoms with van der Waals surface area (Å²) in [5.74, 6) is -0.500. The Kier molecular flexibility index (Phi) is 6.67. The fourth-order valence-corrected chi connectivity index (χ4v) is 1.76. The summed E-state index contributed by atoms with van der Waals surface area (Å²) in [6, 6.07) is 5.03. The molecule has 19 heavy (non-hydrogen) atoms. The molecule has 4 nitrogen and oxygen atoms in total. The molecule has 0 saturated carbocycles. The molecule has 0 unspecified atom stereocenters. The van der Waals surface area contributed by atoms with E-state index in [2.05, 4.69) is 5.32 Å². The Morgan fingerprint density at radius 2 is 2.00 bits per heavy atom. The average molecular weight is 304 g/mol. The number of rotatable bonds is 6. The highest BCUT2D eigenvalue weighted by molar-refractivity contribution is 6.42. The first-order valence-electron chi connectivity index (χ1n) is 5.89. The Bertz CT molecular complexity index is 463. The molecule has 0 heterocycles. The number of hydrogen-bond donors (Lipinski definition) is 1. The van der Waals surface area contributed by atoms with E-state index in [0.717, 1.165) is 5.56 Å². The molecule has 1 aromatic rings. The lowest BCUT2D eigenvalue weighted by Crippen LogP contribution is -2.27. The maximum Gasteiger partial charge on any atom is 0.307 e. The van der Waals surface area contributed by atoms with Crippen LogP contribution in [0.4, 0.5) is 0 Å². The molecule has 0 aliphatic carbocycles. The minimum absolute atomic E-state index is 0.168. The molecule has 1 rings (SSSR count). The maximum absolute atomic E-state index is 11.6. The quantitative estimate of drug-likeness (QED) is 0.822. The molecule has 0 fully saturated rings. The minimum atomic E-state index is -0.322. The lowest BCUT2D eigenvalue weighted by atomic mass is 10.1. The van der Waals surface area contributed by atoms with Crippen LogP contribution in [0.5, 0.6) is 0 Å². The van der Waals surface area contributed by atoms with Crippen molar-refractivity contribution in [2.75, 3.05) is 13.2 Å². The summed E-state index contributed by atoms with van der Waals surface area (Å²) in [6.45, 7) is 2.34. The van der Waals surface area contributed by atoms with Crippen molar-refractivity contribution in [1.82, 2.24) is 5.32 Å². The highest BCUT2D eigenvalue weighted by Crippen LogP contribution is 2.22. The molecule has 0 spiro atoms. The van der Waals surface area contributed by atoms with Gasteiger partial charge in [-0.05, 0) is 24.6 Å². The van der Waals surface area contributed by atoms with Crippen LogP contribution in [0.1, 0.15) is 18.9 Å². The van der Waals surface area contributed by atoms with Crippen LogP contribution >= 0.6 is 23.2 Å². The van der Waals surface area contributed by atoms with Gasteiger partial charge < -0.3 is 10.1 Å². The number of carbonyl (C=O) groups is 2. The Balaban J connectivity index is 2.35. The van der Waals surface area contributed by atoms with Gasteiger partial charge in [-0.15, -0.1) is 0 Å². The normalized spacial score (nSPS) is 10.1. The van der Waals surface area contributed by atoms with Gasteiger partial charge in [0.05, 0.1) is 29.5 Å². The van der Waals surface area contributed by atoms with Gasteiger partial charge in [-0.25, -0.2) is 0 Å². The van der Waals surface area contributed by atoms with Crippen molar-refractivity contribution in [3.63, 3.8) is 0 Å². The van der Waals surface area contributed by atoms with Crippen molar-refractivity contribution in [3.8, 4) is 0 Å². The van der Waals surface area contributed by atoms with Gasteiger partial charge in [0.15, 0.2) is 0 Å². The fourth-order valence-electron chi connectivity index (χ4n) is 1.43. The van der Waals surface area contributed by atoms with E-state index in [9.17, 15) is 9.59 Å². The molecule has 1 N–H and O–H groups in total. The number of halogens is 2. The third kappa shape index (κ3) is 5.94. The van der Waals surface area contributed by atoms with Crippen LogP contribution < -0.4 is 5.32 Å². The number of hydrogen-bond acceptors (Lipinski definition) is 3. The van der Waals surface area contributed by atoms with Crippen LogP contribution in [-0.4, -0.2) is 25.0 Å². The number of nitrogens with one attached hydrogen (secondary N) is 1. The molecule has 0 atom stereocenters. The number of amides is 1. The zero-order valence-corrected chi connectivity index (χ0v) is 12.1.